The van der Waals surface area contributed by atoms with Gasteiger partial charge >= 0.3 is 0 Å². The zero-order valence-corrected chi connectivity index (χ0v) is 13.1. The van der Waals surface area contributed by atoms with Crippen LogP contribution in [0.25, 0.3) is 0 Å². The lowest BCUT2D eigenvalue weighted by Gasteiger charge is -2.45. The average Bonchev–Trinajstić information content (AvgIpc) is 2.76. The highest BCUT2D eigenvalue weighted by Gasteiger charge is 2.44. The summed E-state index contributed by atoms with van der Waals surface area (Å²) in [4.78, 5) is 0. The molecule has 2 rings (SSSR count). The third-order valence-electron chi connectivity index (χ3n) is 4.62. The normalized spacial score (nSPS) is 33.8. The molecule has 3 heteroatoms. The summed E-state index contributed by atoms with van der Waals surface area (Å²) in [6.07, 6.45) is 4.62. The Morgan fingerprint density at radius 1 is 1.32 bits per heavy atom. The average molecular weight is 269 g/mol. The lowest BCUT2D eigenvalue weighted by Crippen LogP contribution is -2.52. The minimum absolute atomic E-state index is 0.0281. The molecule has 2 saturated heterocycles. The molecule has 2 heterocycles. The molecule has 0 saturated carbocycles. The van der Waals surface area contributed by atoms with Gasteiger partial charge < -0.3 is 14.8 Å². The maximum absolute atomic E-state index is 6.07. The lowest BCUT2D eigenvalue weighted by molar-refractivity contribution is -0.108. The number of ether oxygens (including phenoxy) is 2. The number of hydrogen-bond donors (Lipinski definition) is 1. The van der Waals surface area contributed by atoms with Gasteiger partial charge in [-0.15, -0.1) is 0 Å². The van der Waals surface area contributed by atoms with Crippen LogP contribution in [0.15, 0.2) is 0 Å². The molecule has 1 N–H and O–H groups in total. The van der Waals surface area contributed by atoms with Crippen molar-refractivity contribution in [1.29, 1.82) is 0 Å². The Morgan fingerprint density at radius 3 is 2.68 bits per heavy atom. The van der Waals surface area contributed by atoms with Gasteiger partial charge in [-0.2, -0.15) is 0 Å². The standard InChI is InChI=1S/C16H31NO2/c1-5-8-17-14(15(2,3)4)13-6-9-19-16(11-13)7-10-18-12-16/h13-14,17H,5-12H2,1-4H3. The summed E-state index contributed by atoms with van der Waals surface area (Å²) in [5.74, 6) is 0.710. The highest BCUT2D eigenvalue weighted by molar-refractivity contribution is 4.96. The van der Waals surface area contributed by atoms with Crippen molar-refractivity contribution in [3.63, 3.8) is 0 Å². The summed E-state index contributed by atoms with van der Waals surface area (Å²) in [7, 11) is 0. The molecule has 3 unspecified atom stereocenters. The van der Waals surface area contributed by atoms with E-state index in [0.717, 1.165) is 39.2 Å². The molecule has 2 aliphatic rings. The second-order valence-electron chi connectivity index (χ2n) is 7.38. The van der Waals surface area contributed by atoms with Crippen molar-refractivity contribution < 1.29 is 9.47 Å². The maximum Gasteiger partial charge on any atom is 0.0939 e. The van der Waals surface area contributed by atoms with E-state index in [1.807, 2.05) is 0 Å². The maximum atomic E-state index is 6.07. The van der Waals surface area contributed by atoms with E-state index in [0.29, 0.717) is 17.4 Å². The summed E-state index contributed by atoms with van der Waals surface area (Å²) in [5, 5.41) is 3.79. The molecule has 1 spiro atoms. The molecule has 0 amide bonds. The highest BCUT2D eigenvalue weighted by Crippen LogP contribution is 2.40. The van der Waals surface area contributed by atoms with Gasteiger partial charge in [0.1, 0.15) is 0 Å². The van der Waals surface area contributed by atoms with Gasteiger partial charge in [-0.3, -0.25) is 0 Å². The topological polar surface area (TPSA) is 30.5 Å². The van der Waals surface area contributed by atoms with Gasteiger partial charge in [0, 0.05) is 25.7 Å². The van der Waals surface area contributed by atoms with Crippen LogP contribution in [0.3, 0.4) is 0 Å². The van der Waals surface area contributed by atoms with Gasteiger partial charge in [-0.1, -0.05) is 27.7 Å². The van der Waals surface area contributed by atoms with Crippen molar-refractivity contribution in [2.45, 2.75) is 65.0 Å². The zero-order valence-electron chi connectivity index (χ0n) is 13.1. The molecule has 0 bridgehead atoms. The van der Waals surface area contributed by atoms with E-state index in [9.17, 15) is 0 Å². The van der Waals surface area contributed by atoms with Gasteiger partial charge in [-0.05, 0) is 37.1 Å². The monoisotopic (exact) mass is 269 g/mol. The number of hydrogen-bond acceptors (Lipinski definition) is 3. The van der Waals surface area contributed by atoms with Crippen molar-refractivity contribution in [2.24, 2.45) is 11.3 Å². The van der Waals surface area contributed by atoms with Crippen LogP contribution in [0.1, 0.15) is 53.4 Å². The molecule has 112 valence electrons. The van der Waals surface area contributed by atoms with Crippen LogP contribution in [0.2, 0.25) is 0 Å². The third kappa shape index (κ3) is 3.71. The van der Waals surface area contributed by atoms with Crippen molar-refractivity contribution in [3.8, 4) is 0 Å². The largest absolute Gasteiger partial charge is 0.378 e. The van der Waals surface area contributed by atoms with E-state index in [1.54, 1.807) is 0 Å². The molecular formula is C16H31NO2. The summed E-state index contributed by atoms with van der Waals surface area (Å²) in [6.45, 7) is 13.0. The first-order chi connectivity index (χ1) is 8.97. The van der Waals surface area contributed by atoms with Crippen molar-refractivity contribution in [1.82, 2.24) is 5.32 Å². The Bertz CT molecular complexity index is 279. The van der Waals surface area contributed by atoms with Crippen LogP contribution in [0.5, 0.6) is 0 Å². The SMILES string of the molecule is CCCNC(C1CCOC2(CCOC2)C1)C(C)(C)C. The Morgan fingerprint density at radius 2 is 2.11 bits per heavy atom. The predicted molar refractivity (Wildman–Crippen MR) is 78.4 cm³/mol. The lowest BCUT2D eigenvalue weighted by atomic mass is 9.72. The molecular weight excluding hydrogens is 238 g/mol. The summed E-state index contributed by atoms with van der Waals surface area (Å²) >= 11 is 0. The molecule has 0 aromatic heterocycles. The summed E-state index contributed by atoms with van der Waals surface area (Å²) < 4.78 is 11.7. The van der Waals surface area contributed by atoms with E-state index in [-0.39, 0.29) is 5.60 Å². The van der Waals surface area contributed by atoms with Crippen LogP contribution in [-0.2, 0) is 9.47 Å². The van der Waals surface area contributed by atoms with Gasteiger partial charge in [0.2, 0.25) is 0 Å². The van der Waals surface area contributed by atoms with Crippen LogP contribution >= 0.6 is 0 Å². The summed E-state index contributed by atoms with van der Waals surface area (Å²) in [6, 6.07) is 0.578. The molecule has 0 radical (unpaired) electrons. The Hall–Kier alpha value is -0.120. The molecule has 19 heavy (non-hydrogen) atoms. The molecule has 2 aliphatic heterocycles. The van der Waals surface area contributed by atoms with Crippen LogP contribution in [-0.4, -0.2) is 38.0 Å². The Balaban J connectivity index is 2.03. The van der Waals surface area contributed by atoms with Crippen molar-refractivity contribution in [3.05, 3.63) is 0 Å². The minimum atomic E-state index is 0.0281. The number of nitrogens with one attached hydrogen (secondary N) is 1. The first-order valence-corrected chi connectivity index (χ1v) is 7.92. The number of rotatable bonds is 4. The Labute approximate surface area is 118 Å². The second-order valence-corrected chi connectivity index (χ2v) is 7.38. The molecule has 2 fully saturated rings. The smallest absolute Gasteiger partial charge is 0.0939 e. The fourth-order valence-corrected chi connectivity index (χ4v) is 3.69. The second kappa shape index (κ2) is 6.11. The van der Waals surface area contributed by atoms with Crippen molar-refractivity contribution in [2.75, 3.05) is 26.4 Å². The molecule has 0 aromatic carbocycles. The third-order valence-corrected chi connectivity index (χ3v) is 4.62. The van der Waals surface area contributed by atoms with Crippen LogP contribution in [0, 0.1) is 11.3 Å². The molecule has 0 aliphatic carbocycles. The molecule has 0 aromatic rings. The molecule has 3 nitrogen and oxygen atoms in total. The van der Waals surface area contributed by atoms with Gasteiger partial charge in [0.05, 0.1) is 12.2 Å². The quantitative estimate of drug-likeness (QED) is 0.851. The molecule has 3 atom stereocenters. The van der Waals surface area contributed by atoms with Gasteiger partial charge in [0.25, 0.3) is 0 Å². The minimum Gasteiger partial charge on any atom is -0.378 e. The predicted octanol–water partition coefficient (Wildman–Crippen LogP) is 2.99. The first kappa shape index (κ1) is 15.3. The van der Waals surface area contributed by atoms with E-state index in [4.69, 9.17) is 9.47 Å². The first-order valence-electron chi connectivity index (χ1n) is 7.92. The van der Waals surface area contributed by atoms with E-state index in [1.165, 1.54) is 12.8 Å². The van der Waals surface area contributed by atoms with E-state index < -0.39 is 0 Å². The van der Waals surface area contributed by atoms with Crippen LogP contribution < -0.4 is 5.32 Å². The van der Waals surface area contributed by atoms with Gasteiger partial charge in [0.15, 0.2) is 0 Å². The van der Waals surface area contributed by atoms with E-state index >= 15 is 0 Å². The van der Waals surface area contributed by atoms with Crippen LogP contribution in [0.4, 0.5) is 0 Å². The van der Waals surface area contributed by atoms with Gasteiger partial charge in [-0.25, -0.2) is 0 Å². The van der Waals surface area contributed by atoms with Crippen molar-refractivity contribution >= 4 is 0 Å². The fraction of sp³-hybridized carbons (Fsp3) is 1.00. The Kier molecular flexibility index (Phi) is 4.91. The van der Waals surface area contributed by atoms with E-state index in [2.05, 4.69) is 33.0 Å². The zero-order chi connectivity index (χ0) is 13.9. The summed E-state index contributed by atoms with van der Waals surface area (Å²) in [5.41, 5.74) is 0.331. The fourth-order valence-electron chi connectivity index (χ4n) is 3.69. The highest BCUT2D eigenvalue weighted by atomic mass is 16.6.